The second-order valence-corrected chi connectivity index (χ2v) is 4.80. The Balaban J connectivity index is 2.04. The van der Waals surface area contributed by atoms with Gasteiger partial charge >= 0.3 is 6.09 Å². The van der Waals surface area contributed by atoms with E-state index in [0.29, 0.717) is 30.5 Å². The SMILES string of the molecule is CCOC(=O)N1Cc2c(Cl)nc3cc(C)nn3c2C1. The van der Waals surface area contributed by atoms with Crippen molar-refractivity contribution in [3.8, 4) is 0 Å². The number of ether oxygens (including phenoxy) is 1. The zero-order chi connectivity index (χ0) is 13.6. The van der Waals surface area contributed by atoms with E-state index in [0.717, 1.165) is 17.0 Å². The van der Waals surface area contributed by atoms with Gasteiger partial charge in [0.15, 0.2) is 5.65 Å². The van der Waals surface area contributed by atoms with Gasteiger partial charge in [0, 0.05) is 11.6 Å². The smallest absolute Gasteiger partial charge is 0.410 e. The van der Waals surface area contributed by atoms with E-state index in [1.54, 1.807) is 16.3 Å². The number of hydrogen-bond donors (Lipinski definition) is 0. The van der Waals surface area contributed by atoms with Crippen LogP contribution < -0.4 is 0 Å². The van der Waals surface area contributed by atoms with Crippen molar-refractivity contribution in [2.24, 2.45) is 0 Å². The molecule has 0 saturated carbocycles. The van der Waals surface area contributed by atoms with Gasteiger partial charge in [-0.05, 0) is 13.8 Å². The van der Waals surface area contributed by atoms with E-state index in [1.807, 2.05) is 13.0 Å². The minimum atomic E-state index is -0.341. The molecule has 0 aromatic carbocycles. The third-order valence-corrected chi connectivity index (χ3v) is 3.41. The molecule has 1 aliphatic heterocycles. The number of amides is 1. The molecule has 3 rings (SSSR count). The Morgan fingerprint density at radius 3 is 3.05 bits per heavy atom. The van der Waals surface area contributed by atoms with E-state index in [9.17, 15) is 4.79 Å². The van der Waals surface area contributed by atoms with Crippen molar-refractivity contribution >= 4 is 23.3 Å². The number of carbonyl (C=O) groups excluding carboxylic acids is 1. The average molecular weight is 281 g/mol. The van der Waals surface area contributed by atoms with Gasteiger partial charge in [0.25, 0.3) is 0 Å². The first-order valence-corrected chi connectivity index (χ1v) is 6.43. The fourth-order valence-corrected chi connectivity index (χ4v) is 2.52. The fourth-order valence-electron chi connectivity index (χ4n) is 2.27. The summed E-state index contributed by atoms with van der Waals surface area (Å²) in [5, 5.41) is 4.81. The van der Waals surface area contributed by atoms with Crippen LogP contribution in [0.25, 0.3) is 5.65 Å². The number of carbonyl (C=O) groups is 1. The van der Waals surface area contributed by atoms with Crippen molar-refractivity contribution in [1.29, 1.82) is 0 Å². The van der Waals surface area contributed by atoms with Gasteiger partial charge in [-0.3, -0.25) is 4.90 Å². The fraction of sp³-hybridized carbons (Fsp3) is 0.417. The van der Waals surface area contributed by atoms with Crippen LogP contribution in [0.4, 0.5) is 4.79 Å². The van der Waals surface area contributed by atoms with E-state index in [-0.39, 0.29) is 6.09 Å². The molecule has 1 amide bonds. The number of nitrogens with zero attached hydrogens (tertiary/aromatic N) is 4. The van der Waals surface area contributed by atoms with Gasteiger partial charge in [-0.2, -0.15) is 5.10 Å². The Labute approximate surface area is 114 Å². The predicted molar refractivity (Wildman–Crippen MR) is 69.0 cm³/mol. The first kappa shape index (κ1) is 12.2. The summed E-state index contributed by atoms with van der Waals surface area (Å²) in [5.41, 5.74) is 3.31. The van der Waals surface area contributed by atoms with Crippen LogP contribution in [0.3, 0.4) is 0 Å². The van der Waals surface area contributed by atoms with Crippen LogP contribution in [0.5, 0.6) is 0 Å². The van der Waals surface area contributed by atoms with E-state index in [4.69, 9.17) is 16.3 Å². The number of hydrogen-bond acceptors (Lipinski definition) is 4. The van der Waals surface area contributed by atoms with Crippen molar-refractivity contribution in [2.45, 2.75) is 26.9 Å². The van der Waals surface area contributed by atoms with Crippen LogP contribution in [0.2, 0.25) is 5.15 Å². The van der Waals surface area contributed by atoms with Crippen molar-refractivity contribution < 1.29 is 9.53 Å². The van der Waals surface area contributed by atoms with Crippen molar-refractivity contribution in [3.63, 3.8) is 0 Å². The maximum atomic E-state index is 11.8. The van der Waals surface area contributed by atoms with Crippen LogP contribution in [-0.4, -0.2) is 32.2 Å². The molecule has 0 fully saturated rings. The normalized spacial score (nSPS) is 13.9. The zero-order valence-corrected chi connectivity index (χ0v) is 11.4. The lowest BCUT2D eigenvalue weighted by Crippen LogP contribution is -2.26. The summed E-state index contributed by atoms with van der Waals surface area (Å²) < 4.78 is 6.75. The maximum absolute atomic E-state index is 11.8. The summed E-state index contributed by atoms with van der Waals surface area (Å²) in [6, 6.07) is 1.86. The minimum Gasteiger partial charge on any atom is -0.450 e. The summed E-state index contributed by atoms with van der Waals surface area (Å²) in [6.07, 6.45) is -0.341. The summed E-state index contributed by atoms with van der Waals surface area (Å²) in [7, 11) is 0. The van der Waals surface area contributed by atoms with Gasteiger partial charge < -0.3 is 4.74 Å². The largest absolute Gasteiger partial charge is 0.450 e. The Bertz CT molecular complexity index is 667. The number of aromatic nitrogens is 3. The van der Waals surface area contributed by atoms with Crippen molar-refractivity contribution in [2.75, 3.05) is 6.61 Å². The topological polar surface area (TPSA) is 59.7 Å². The molecule has 0 saturated heterocycles. The van der Waals surface area contributed by atoms with Crippen molar-refractivity contribution in [3.05, 3.63) is 28.2 Å². The molecule has 1 aliphatic rings. The summed E-state index contributed by atoms with van der Waals surface area (Å²) >= 11 is 6.17. The molecule has 6 nitrogen and oxygen atoms in total. The lowest BCUT2D eigenvalue weighted by atomic mass is 10.3. The van der Waals surface area contributed by atoms with Gasteiger partial charge in [-0.15, -0.1) is 0 Å². The first-order chi connectivity index (χ1) is 9.10. The van der Waals surface area contributed by atoms with Gasteiger partial charge in [0.05, 0.1) is 31.1 Å². The highest BCUT2D eigenvalue weighted by atomic mass is 35.5. The Morgan fingerprint density at radius 2 is 2.32 bits per heavy atom. The van der Waals surface area contributed by atoms with Crippen LogP contribution in [-0.2, 0) is 17.8 Å². The van der Waals surface area contributed by atoms with E-state index >= 15 is 0 Å². The van der Waals surface area contributed by atoms with Gasteiger partial charge in [-0.25, -0.2) is 14.3 Å². The third-order valence-electron chi connectivity index (χ3n) is 3.09. The van der Waals surface area contributed by atoms with Crippen LogP contribution in [0.15, 0.2) is 6.07 Å². The van der Waals surface area contributed by atoms with E-state index in [1.165, 1.54) is 0 Å². The standard InChI is InChI=1S/C12H13ClN4O2/c1-3-19-12(18)16-5-8-9(6-16)17-10(14-11(8)13)4-7(2)15-17/h4H,3,5-6H2,1-2H3. The van der Waals surface area contributed by atoms with Gasteiger partial charge in [0.1, 0.15) is 5.15 Å². The Morgan fingerprint density at radius 1 is 1.53 bits per heavy atom. The molecule has 0 N–H and O–H groups in total. The molecule has 0 aliphatic carbocycles. The maximum Gasteiger partial charge on any atom is 0.410 e. The quantitative estimate of drug-likeness (QED) is 0.751. The molecule has 0 atom stereocenters. The highest BCUT2D eigenvalue weighted by Crippen LogP contribution is 2.29. The zero-order valence-electron chi connectivity index (χ0n) is 10.7. The highest BCUT2D eigenvalue weighted by Gasteiger charge is 2.29. The molecule has 100 valence electrons. The first-order valence-electron chi connectivity index (χ1n) is 6.05. The second-order valence-electron chi connectivity index (χ2n) is 4.44. The lowest BCUT2D eigenvalue weighted by Gasteiger charge is -2.13. The van der Waals surface area contributed by atoms with Gasteiger partial charge in [-0.1, -0.05) is 11.6 Å². The monoisotopic (exact) mass is 280 g/mol. The number of aryl methyl sites for hydroxylation is 1. The molecule has 2 aromatic rings. The molecule has 0 bridgehead atoms. The average Bonchev–Trinajstić information content (AvgIpc) is 2.92. The number of fused-ring (bicyclic) bond motifs is 3. The second kappa shape index (κ2) is 4.38. The highest BCUT2D eigenvalue weighted by molar-refractivity contribution is 6.30. The lowest BCUT2D eigenvalue weighted by molar-refractivity contribution is 0.106. The van der Waals surface area contributed by atoms with Gasteiger partial charge in [0.2, 0.25) is 0 Å². The molecule has 0 spiro atoms. The predicted octanol–water partition coefficient (Wildman–Crippen LogP) is 2.16. The van der Waals surface area contributed by atoms with Crippen LogP contribution in [0, 0.1) is 6.92 Å². The summed E-state index contributed by atoms with van der Waals surface area (Å²) in [4.78, 5) is 17.7. The molecule has 7 heteroatoms. The van der Waals surface area contributed by atoms with Crippen LogP contribution >= 0.6 is 11.6 Å². The molecule has 19 heavy (non-hydrogen) atoms. The Hall–Kier alpha value is -1.82. The van der Waals surface area contributed by atoms with Crippen molar-refractivity contribution in [1.82, 2.24) is 19.5 Å². The number of halogens is 1. The molecular formula is C12H13ClN4O2. The molecule has 0 radical (unpaired) electrons. The molecular weight excluding hydrogens is 268 g/mol. The molecule has 2 aromatic heterocycles. The number of rotatable bonds is 1. The van der Waals surface area contributed by atoms with E-state index < -0.39 is 0 Å². The summed E-state index contributed by atoms with van der Waals surface area (Å²) in [6.45, 7) is 4.88. The molecule has 3 heterocycles. The minimum absolute atomic E-state index is 0.341. The van der Waals surface area contributed by atoms with Crippen LogP contribution in [0.1, 0.15) is 23.9 Å². The Kier molecular flexibility index (Phi) is 2.82. The van der Waals surface area contributed by atoms with E-state index in [2.05, 4.69) is 10.1 Å². The molecule has 0 unspecified atom stereocenters. The third kappa shape index (κ3) is 1.92. The summed E-state index contributed by atoms with van der Waals surface area (Å²) in [5.74, 6) is 0.